The van der Waals surface area contributed by atoms with Gasteiger partial charge in [-0.1, -0.05) is 11.6 Å². The van der Waals surface area contributed by atoms with Crippen LogP contribution in [0.15, 0.2) is 18.2 Å². The summed E-state index contributed by atoms with van der Waals surface area (Å²) in [4.78, 5) is 27.2. The first-order chi connectivity index (χ1) is 12.1. The topological polar surface area (TPSA) is 84.9 Å². The van der Waals surface area contributed by atoms with E-state index in [9.17, 15) is 14.7 Å². The fraction of sp³-hybridized carbons (Fsp3) is 0.529. The molecule has 3 N–H and O–H groups in total. The molecule has 1 aromatic rings. The summed E-state index contributed by atoms with van der Waals surface area (Å²) in [6.07, 6.45) is 1.87. The summed E-state index contributed by atoms with van der Waals surface area (Å²) < 4.78 is 0. The number of carbonyl (C=O) groups excluding carboxylic acids is 2. The maximum absolute atomic E-state index is 12.2. The highest BCUT2D eigenvalue weighted by molar-refractivity contribution is 6.31. The van der Waals surface area contributed by atoms with E-state index in [1.54, 1.807) is 6.07 Å². The summed E-state index contributed by atoms with van der Waals surface area (Å²) in [5.41, 5.74) is 1.77. The molecule has 25 heavy (non-hydrogen) atoms. The van der Waals surface area contributed by atoms with Crippen LogP contribution >= 0.6 is 11.6 Å². The van der Waals surface area contributed by atoms with Gasteiger partial charge in [0.25, 0.3) is 0 Å². The Morgan fingerprint density at radius 3 is 2.72 bits per heavy atom. The first-order valence-corrected chi connectivity index (χ1v) is 8.93. The third kappa shape index (κ3) is 4.16. The fourth-order valence-corrected chi connectivity index (χ4v) is 3.43. The molecule has 2 aliphatic rings. The lowest BCUT2D eigenvalue weighted by atomic mass is 9.97. The third-order valence-electron chi connectivity index (χ3n) is 4.76. The van der Waals surface area contributed by atoms with Crippen LogP contribution in [0.2, 0.25) is 5.02 Å². The lowest BCUT2D eigenvalue weighted by Gasteiger charge is -2.34. The summed E-state index contributed by atoms with van der Waals surface area (Å²) >= 11 is 6.12. The molecule has 0 aromatic heterocycles. The molecule has 1 aromatic carbocycles. The van der Waals surface area contributed by atoms with E-state index in [1.807, 2.05) is 12.1 Å². The van der Waals surface area contributed by atoms with Crippen LogP contribution in [-0.4, -0.2) is 61.3 Å². The molecule has 7 nitrogen and oxygen atoms in total. The lowest BCUT2D eigenvalue weighted by Crippen LogP contribution is -2.38. The molecule has 0 aliphatic carbocycles. The van der Waals surface area contributed by atoms with Crippen molar-refractivity contribution >= 4 is 34.9 Å². The van der Waals surface area contributed by atoms with Crippen LogP contribution in [0.4, 0.5) is 16.2 Å². The largest absolute Gasteiger partial charge is 0.396 e. The standard InChI is InChI=1S/C17H23ClN4O3/c18-13-1-2-15(21-6-3-12(11-23)4-7-21)14(9-13)20-10-16(24)22-8-5-19-17(22)25/h1-2,9,12,20,23H,3-8,10-11H2,(H,19,25). The Hall–Kier alpha value is -1.99. The van der Waals surface area contributed by atoms with Crippen molar-refractivity contribution in [3.05, 3.63) is 23.2 Å². The van der Waals surface area contributed by atoms with Crippen molar-refractivity contribution in [1.29, 1.82) is 0 Å². The van der Waals surface area contributed by atoms with Gasteiger partial charge < -0.3 is 20.6 Å². The normalized spacial score (nSPS) is 18.4. The number of hydrogen-bond donors (Lipinski definition) is 3. The van der Waals surface area contributed by atoms with Gasteiger partial charge in [0.05, 0.1) is 17.9 Å². The number of anilines is 2. The number of benzene rings is 1. The number of carbonyl (C=O) groups is 2. The lowest BCUT2D eigenvalue weighted by molar-refractivity contribution is -0.125. The number of rotatable bonds is 5. The van der Waals surface area contributed by atoms with Gasteiger partial charge in [0.2, 0.25) is 5.91 Å². The molecule has 2 saturated heterocycles. The highest BCUT2D eigenvalue weighted by Crippen LogP contribution is 2.32. The van der Waals surface area contributed by atoms with E-state index in [1.165, 1.54) is 4.90 Å². The molecule has 0 atom stereocenters. The van der Waals surface area contributed by atoms with E-state index in [2.05, 4.69) is 15.5 Å². The van der Waals surface area contributed by atoms with E-state index < -0.39 is 0 Å². The zero-order valence-corrected chi connectivity index (χ0v) is 14.8. The minimum absolute atomic E-state index is 0.0356. The van der Waals surface area contributed by atoms with Crippen molar-refractivity contribution in [3.8, 4) is 0 Å². The maximum Gasteiger partial charge on any atom is 0.324 e. The van der Waals surface area contributed by atoms with Crippen LogP contribution < -0.4 is 15.5 Å². The number of halogens is 1. The van der Waals surface area contributed by atoms with Gasteiger partial charge >= 0.3 is 6.03 Å². The predicted octanol–water partition coefficient (Wildman–Crippen LogP) is 1.51. The molecule has 2 aliphatic heterocycles. The molecule has 0 spiro atoms. The smallest absolute Gasteiger partial charge is 0.324 e. The summed E-state index contributed by atoms with van der Waals surface area (Å²) in [5.74, 6) is 0.0927. The number of aliphatic hydroxyl groups excluding tert-OH is 1. The SMILES string of the molecule is O=C(CNc1cc(Cl)ccc1N1CCC(CO)CC1)N1CCNC1=O. The third-order valence-corrected chi connectivity index (χ3v) is 5.00. The Balaban J connectivity index is 1.67. The number of nitrogens with one attached hydrogen (secondary N) is 2. The van der Waals surface area contributed by atoms with Crippen molar-refractivity contribution in [2.45, 2.75) is 12.8 Å². The van der Waals surface area contributed by atoms with Crippen molar-refractivity contribution < 1.29 is 14.7 Å². The molecule has 136 valence electrons. The maximum atomic E-state index is 12.2. The van der Waals surface area contributed by atoms with Gasteiger partial charge in [0.1, 0.15) is 0 Å². The number of nitrogens with zero attached hydrogens (tertiary/aromatic N) is 2. The molecule has 0 bridgehead atoms. The number of urea groups is 1. The molecule has 2 fully saturated rings. The second-order valence-corrected chi connectivity index (χ2v) is 6.84. The van der Waals surface area contributed by atoms with Crippen LogP contribution in [0.5, 0.6) is 0 Å². The number of hydrogen-bond acceptors (Lipinski definition) is 5. The van der Waals surface area contributed by atoms with Gasteiger partial charge in [-0.2, -0.15) is 0 Å². The molecule has 8 heteroatoms. The quantitative estimate of drug-likeness (QED) is 0.735. The summed E-state index contributed by atoms with van der Waals surface area (Å²) in [6.45, 7) is 2.86. The highest BCUT2D eigenvalue weighted by Gasteiger charge is 2.26. The second kappa shape index (κ2) is 7.93. The van der Waals surface area contributed by atoms with Gasteiger partial charge in [0.15, 0.2) is 0 Å². The van der Waals surface area contributed by atoms with E-state index in [0.717, 1.165) is 37.3 Å². The highest BCUT2D eigenvalue weighted by atomic mass is 35.5. The van der Waals surface area contributed by atoms with Crippen molar-refractivity contribution in [3.63, 3.8) is 0 Å². The molecule has 3 amide bonds. The van der Waals surface area contributed by atoms with Gasteiger partial charge in [-0.15, -0.1) is 0 Å². The van der Waals surface area contributed by atoms with Gasteiger partial charge in [0, 0.05) is 37.8 Å². The Kier molecular flexibility index (Phi) is 5.65. The first-order valence-electron chi connectivity index (χ1n) is 8.56. The van der Waals surface area contributed by atoms with E-state index >= 15 is 0 Å². The van der Waals surface area contributed by atoms with E-state index in [4.69, 9.17) is 11.6 Å². The van der Waals surface area contributed by atoms with Crippen LogP contribution in [-0.2, 0) is 4.79 Å². The number of amides is 3. The van der Waals surface area contributed by atoms with Gasteiger partial charge in [-0.3, -0.25) is 9.69 Å². The molecular weight excluding hydrogens is 344 g/mol. The number of aliphatic hydroxyl groups is 1. The monoisotopic (exact) mass is 366 g/mol. The zero-order chi connectivity index (χ0) is 17.8. The molecule has 0 saturated carbocycles. The van der Waals surface area contributed by atoms with E-state index in [-0.39, 0.29) is 25.1 Å². The molecule has 3 rings (SSSR count). The molecule has 0 radical (unpaired) electrons. The molecule has 0 unspecified atom stereocenters. The van der Waals surface area contributed by atoms with Crippen molar-refractivity contribution in [2.24, 2.45) is 5.92 Å². The average Bonchev–Trinajstić information content (AvgIpc) is 3.06. The minimum Gasteiger partial charge on any atom is -0.396 e. The van der Waals surface area contributed by atoms with Crippen LogP contribution in [0.1, 0.15) is 12.8 Å². The Morgan fingerprint density at radius 2 is 2.08 bits per heavy atom. The Morgan fingerprint density at radius 1 is 1.32 bits per heavy atom. The number of imide groups is 1. The summed E-state index contributed by atoms with van der Waals surface area (Å²) in [5, 5.41) is 15.6. The van der Waals surface area contributed by atoms with Crippen LogP contribution in [0.3, 0.4) is 0 Å². The fourth-order valence-electron chi connectivity index (χ4n) is 3.26. The first kappa shape index (κ1) is 17.8. The van der Waals surface area contributed by atoms with Crippen LogP contribution in [0.25, 0.3) is 0 Å². The zero-order valence-electron chi connectivity index (χ0n) is 14.0. The minimum atomic E-state index is -0.343. The summed E-state index contributed by atoms with van der Waals surface area (Å²) in [6, 6.07) is 5.23. The van der Waals surface area contributed by atoms with Gasteiger partial charge in [-0.05, 0) is 37.0 Å². The van der Waals surface area contributed by atoms with Crippen LogP contribution in [0, 0.1) is 5.92 Å². The average molecular weight is 367 g/mol. The summed E-state index contributed by atoms with van der Waals surface area (Å²) in [7, 11) is 0. The Bertz CT molecular complexity index is 647. The van der Waals surface area contributed by atoms with Crippen molar-refractivity contribution in [1.82, 2.24) is 10.2 Å². The van der Waals surface area contributed by atoms with Crippen molar-refractivity contribution in [2.75, 3.05) is 49.5 Å². The predicted molar refractivity (Wildman–Crippen MR) is 97.1 cm³/mol. The second-order valence-electron chi connectivity index (χ2n) is 6.41. The Labute approximate surface area is 151 Å². The van der Waals surface area contributed by atoms with Gasteiger partial charge in [-0.25, -0.2) is 4.79 Å². The molecular formula is C17H23ClN4O3. The molecule has 2 heterocycles. The number of piperidine rings is 1. The van der Waals surface area contributed by atoms with E-state index in [0.29, 0.717) is 24.0 Å².